The zero-order valence-electron chi connectivity index (χ0n) is 13.2. The third-order valence-electron chi connectivity index (χ3n) is 3.77. The van der Waals surface area contributed by atoms with Crippen LogP contribution in [-0.4, -0.2) is 43.8 Å². The topological polar surface area (TPSA) is 87.8 Å². The summed E-state index contributed by atoms with van der Waals surface area (Å²) in [5.74, 6) is 0.215. The summed E-state index contributed by atoms with van der Waals surface area (Å²) in [4.78, 5) is 4.17. The molecule has 0 saturated carbocycles. The van der Waals surface area contributed by atoms with Crippen LogP contribution in [0, 0.1) is 5.92 Å². The first-order valence-corrected chi connectivity index (χ1v) is 8.82. The van der Waals surface area contributed by atoms with E-state index in [1.807, 2.05) is 30.3 Å². The van der Waals surface area contributed by atoms with E-state index in [4.69, 9.17) is 5.73 Å². The van der Waals surface area contributed by atoms with Crippen molar-refractivity contribution in [3.63, 3.8) is 0 Å². The highest BCUT2D eigenvalue weighted by atomic mass is 127. The summed E-state index contributed by atoms with van der Waals surface area (Å²) in [7, 11) is -5.23. The lowest BCUT2D eigenvalue weighted by Gasteiger charge is -2.30. The van der Waals surface area contributed by atoms with Gasteiger partial charge in [-0.1, -0.05) is 18.2 Å². The van der Waals surface area contributed by atoms with Crippen LogP contribution >= 0.6 is 24.0 Å². The van der Waals surface area contributed by atoms with Gasteiger partial charge in [0.2, 0.25) is 0 Å². The molecule has 1 aromatic rings. The van der Waals surface area contributed by atoms with Crippen molar-refractivity contribution in [2.24, 2.45) is 16.6 Å². The molecule has 1 fully saturated rings. The van der Waals surface area contributed by atoms with Crippen LogP contribution in [0.15, 0.2) is 35.3 Å². The average molecular weight is 492 g/mol. The molecule has 0 aliphatic carbocycles. The predicted octanol–water partition coefficient (Wildman–Crippen LogP) is 2.59. The van der Waals surface area contributed by atoms with Gasteiger partial charge in [-0.25, -0.2) is 8.42 Å². The van der Waals surface area contributed by atoms with Crippen molar-refractivity contribution in [1.29, 1.82) is 0 Å². The Hall–Kier alpha value is -1.08. The molecule has 1 heterocycles. The molecular formula is C14H20F3IN4O2S. The average Bonchev–Trinajstić information content (AvgIpc) is 2.53. The number of aliphatic imine (C=N–C) groups is 1. The number of piperidine rings is 1. The van der Waals surface area contributed by atoms with Crippen LogP contribution in [0.1, 0.15) is 12.8 Å². The molecule has 0 radical (unpaired) electrons. The van der Waals surface area contributed by atoms with Gasteiger partial charge in [-0.2, -0.15) is 17.5 Å². The normalized spacial score (nSPS) is 17.8. The van der Waals surface area contributed by atoms with Crippen LogP contribution in [0.4, 0.5) is 18.9 Å². The molecule has 0 bridgehead atoms. The maximum absolute atomic E-state index is 12.5. The highest BCUT2D eigenvalue weighted by Crippen LogP contribution is 2.30. The van der Waals surface area contributed by atoms with Gasteiger partial charge in [0.1, 0.15) is 0 Å². The molecule has 0 atom stereocenters. The van der Waals surface area contributed by atoms with E-state index in [-0.39, 0.29) is 48.9 Å². The summed E-state index contributed by atoms with van der Waals surface area (Å²) in [5, 5.41) is 2.91. The Balaban J connectivity index is 0.00000312. The van der Waals surface area contributed by atoms with Gasteiger partial charge in [0, 0.05) is 25.3 Å². The van der Waals surface area contributed by atoms with Gasteiger partial charge in [-0.15, -0.1) is 24.0 Å². The number of para-hydroxylation sites is 1. The third-order valence-corrected chi connectivity index (χ3v) is 5.40. The van der Waals surface area contributed by atoms with Crippen molar-refractivity contribution >= 4 is 45.6 Å². The molecule has 142 valence electrons. The Bertz CT molecular complexity index is 675. The summed E-state index contributed by atoms with van der Waals surface area (Å²) in [6.45, 7) is 0.0215. The minimum Gasteiger partial charge on any atom is -0.370 e. The Morgan fingerprint density at radius 2 is 1.80 bits per heavy atom. The number of halogens is 4. The fraction of sp³-hybridized carbons (Fsp3) is 0.500. The molecule has 1 aromatic carbocycles. The Morgan fingerprint density at radius 3 is 2.32 bits per heavy atom. The Kier molecular flexibility index (Phi) is 7.93. The number of nitrogens with one attached hydrogen (secondary N) is 1. The number of hydrogen-bond donors (Lipinski definition) is 2. The number of nitrogens with two attached hydrogens (primary N) is 1. The first kappa shape index (κ1) is 22.0. The lowest BCUT2D eigenvalue weighted by Crippen LogP contribution is -2.45. The Labute approximate surface area is 161 Å². The largest absolute Gasteiger partial charge is 0.511 e. The predicted molar refractivity (Wildman–Crippen MR) is 101 cm³/mol. The molecule has 0 spiro atoms. The molecule has 25 heavy (non-hydrogen) atoms. The minimum atomic E-state index is -5.25. The molecule has 3 N–H and O–H groups in total. The number of rotatable bonds is 4. The van der Waals surface area contributed by atoms with Crippen LogP contribution < -0.4 is 11.1 Å². The van der Waals surface area contributed by atoms with Crippen molar-refractivity contribution in [3.8, 4) is 0 Å². The summed E-state index contributed by atoms with van der Waals surface area (Å²) >= 11 is 0. The van der Waals surface area contributed by atoms with Crippen LogP contribution in [0.25, 0.3) is 0 Å². The number of hydrogen-bond acceptors (Lipinski definition) is 3. The number of nitrogens with zero attached hydrogens (tertiary/aromatic N) is 2. The molecule has 2 rings (SSSR count). The number of alkyl halides is 3. The summed E-state index contributed by atoms with van der Waals surface area (Å²) in [6, 6.07) is 9.19. The lowest BCUT2D eigenvalue weighted by molar-refractivity contribution is -0.0496. The highest BCUT2D eigenvalue weighted by molar-refractivity contribution is 14.0. The SMILES string of the molecule is I.NC(=NCC1CCN(S(=O)(=O)C(F)(F)F)CC1)Nc1ccccc1. The van der Waals surface area contributed by atoms with Gasteiger partial charge in [0.25, 0.3) is 0 Å². The van der Waals surface area contributed by atoms with Crippen molar-refractivity contribution in [3.05, 3.63) is 30.3 Å². The highest BCUT2D eigenvalue weighted by Gasteiger charge is 2.50. The van der Waals surface area contributed by atoms with Crippen molar-refractivity contribution in [2.45, 2.75) is 18.3 Å². The van der Waals surface area contributed by atoms with E-state index >= 15 is 0 Å². The van der Waals surface area contributed by atoms with Gasteiger partial charge in [-0.05, 0) is 30.9 Å². The Morgan fingerprint density at radius 1 is 1.24 bits per heavy atom. The molecule has 1 saturated heterocycles. The van der Waals surface area contributed by atoms with Crippen LogP contribution in [0.3, 0.4) is 0 Å². The van der Waals surface area contributed by atoms with Gasteiger partial charge in [0.05, 0.1) is 0 Å². The van der Waals surface area contributed by atoms with Gasteiger partial charge < -0.3 is 11.1 Å². The van der Waals surface area contributed by atoms with Crippen molar-refractivity contribution in [1.82, 2.24) is 4.31 Å². The van der Waals surface area contributed by atoms with Crippen LogP contribution in [0.5, 0.6) is 0 Å². The molecule has 0 unspecified atom stereocenters. The maximum Gasteiger partial charge on any atom is 0.511 e. The monoisotopic (exact) mass is 492 g/mol. The quantitative estimate of drug-likeness (QED) is 0.385. The number of benzene rings is 1. The molecule has 6 nitrogen and oxygen atoms in total. The smallest absolute Gasteiger partial charge is 0.370 e. The van der Waals surface area contributed by atoms with Crippen molar-refractivity contribution in [2.75, 3.05) is 25.0 Å². The molecule has 0 amide bonds. The summed E-state index contributed by atoms with van der Waals surface area (Å²) in [6.07, 6.45) is 0.634. The van der Waals surface area contributed by atoms with Crippen molar-refractivity contribution < 1.29 is 21.6 Å². The van der Waals surface area contributed by atoms with E-state index < -0.39 is 15.5 Å². The van der Waals surface area contributed by atoms with Gasteiger partial charge in [-0.3, -0.25) is 4.99 Å². The number of guanidine groups is 1. The fourth-order valence-electron chi connectivity index (χ4n) is 2.41. The van der Waals surface area contributed by atoms with Crippen LogP contribution in [-0.2, 0) is 10.0 Å². The van der Waals surface area contributed by atoms with E-state index in [9.17, 15) is 21.6 Å². The summed E-state index contributed by atoms with van der Waals surface area (Å²) < 4.78 is 60.6. The standard InChI is InChI=1S/C14H19F3N4O2S.HI/c15-14(16,17)24(22,23)21-8-6-11(7-9-21)10-19-13(18)20-12-4-2-1-3-5-12;/h1-5,11H,6-10H2,(H3,18,19,20);1H. The number of anilines is 1. The molecule has 1 aliphatic heterocycles. The second-order valence-electron chi connectivity index (χ2n) is 5.51. The zero-order chi connectivity index (χ0) is 17.8. The molecule has 0 aromatic heterocycles. The molecular weight excluding hydrogens is 472 g/mol. The van der Waals surface area contributed by atoms with E-state index in [2.05, 4.69) is 10.3 Å². The zero-order valence-corrected chi connectivity index (χ0v) is 16.4. The maximum atomic E-state index is 12.5. The van der Waals surface area contributed by atoms with Gasteiger partial charge >= 0.3 is 15.5 Å². The second-order valence-corrected chi connectivity index (χ2v) is 7.44. The van der Waals surface area contributed by atoms with E-state index in [1.165, 1.54) is 0 Å². The first-order chi connectivity index (χ1) is 11.2. The van der Waals surface area contributed by atoms with Crippen LogP contribution in [0.2, 0.25) is 0 Å². The fourth-order valence-corrected chi connectivity index (χ4v) is 3.40. The summed E-state index contributed by atoms with van der Waals surface area (Å²) in [5.41, 5.74) is 1.29. The molecule has 11 heteroatoms. The van der Waals surface area contributed by atoms with E-state index in [0.29, 0.717) is 23.7 Å². The van der Waals surface area contributed by atoms with Gasteiger partial charge in [0.15, 0.2) is 5.96 Å². The third kappa shape index (κ3) is 5.99. The van der Waals surface area contributed by atoms with E-state index in [1.54, 1.807) is 0 Å². The first-order valence-electron chi connectivity index (χ1n) is 7.38. The lowest BCUT2D eigenvalue weighted by atomic mass is 9.98. The minimum absolute atomic E-state index is 0. The second kappa shape index (κ2) is 9.03. The number of sulfonamides is 1. The van der Waals surface area contributed by atoms with E-state index in [0.717, 1.165) is 5.69 Å². The molecule has 1 aliphatic rings.